The van der Waals surface area contributed by atoms with Crippen molar-refractivity contribution < 1.29 is 0 Å². The summed E-state index contributed by atoms with van der Waals surface area (Å²) < 4.78 is 0. The van der Waals surface area contributed by atoms with Crippen molar-refractivity contribution in [1.29, 1.82) is 0 Å². The van der Waals surface area contributed by atoms with Gasteiger partial charge in [-0.25, -0.2) is 0 Å². The standard InChI is InChI=1S/C30H24N2/c1-17-3-7-19(8-4-17)27-23-15-14-22-25(31)16-12-20-11-13-24(29(23)26(20)22)30(32)28(27)21-9-5-18(2)6-10-21/h3-16H,31-32H2,1-2H3. The van der Waals surface area contributed by atoms with Crippen molar-refractivity contribution in [2.45, 2.75) is 13.8 Å². The molecule has 0 saturated carbocycles. The molecule has 6 rings (SSSR count). The normalized spacial score (nSPS) is 11.7. The Balaban J connectivity index is 1.86. The van der Waals surface area contributed by atoms with Crippen LogP contribution in [0.25, 0.3) is 54.6 Å². The fraction of sp³-hybridized carbons (Fsp3) is 0.0667. The van der Waals surface area contributed by atoms with Gasteiger partial charge in [0.2, 0.25) is 0 Å². The zero-order chi connectivity index (χ0) is 22.0. The average Bonchev–Trinajstić information content (AvgIpc) is 2.81. The van der Waals surface area contributed by atoms with Gasteiger partial charge >= 0.3 is 0 Å². The first-order valence-corrected chi connectivity index (χ1v) is 11.0. The summed E-state index contributed by atoms with van der Waals surface area (Å²) in [5.41, 5.74) is 22.0. The third-order valence-electron chi connectivity index (χ3n) is 6.71. The van der Waals surface area contributed by atoms with Crippen molar-refractivity contribution in [1.82, 2.24) is 0 Å². The van der Waals surface area contributed by atoms with E-state index in [1.807, 2.05) is 6.07 Å². The van der Waals surface area contributed by atoms with E-state index in [0.29, 0.717) is 0 Å². The summed E-state index contributed by atoms with van der Waals surface area (Å²) in [7, 11) is 0. The highest BCUT2D eigenvalue weighted by Crippen LogP contribution is 2.49. The summed E-state index contributed by atoms with van der Waals surface area (Å²) in [4.78, 5) is 0. The van der Waals surface area contributed by atoms with Crippen LogP contribution >= 0.6 is 0 Å². The van der Waals surface area contributed by atoms with Crippen LogP contribution in [0.5, 0.6) is 0 Å². The molecule has 0 atom stereocenters. The van der Waals surface area contributed by atoms with Gasteiger partial charge < -0.3 is 11.5 Å². The molecule has 0 heterocycles. The van der Waals surface area contributed by atoms with Gasteiger partial charge in [0.25, 0.3) is 0 Å². The second-order valence-corrected chi connectivity index (χ2v) is 8.80. The predicted octanol–water partition coefficient (Wildman–Crippen LogP) is 7.70. The van der Waals surface area contributed by atoms with Crippen molar-refractivity contribution in [3.05, 3.63) is 96.1 Å². The summed E-state index contributed by atoms with van der Waals surface area (Å²) >= 11 is 0. The molecule has 0 aromatic heterocycles. The highest BCUT2D eigenvalue weighted by molar-refractivity contribution is 6.31. The summed E-state index contributed by atoms with van der Waals surface area (Å²) in [6.45, 7) is 4.23. The molecule has 0 fully saturated rings. The number of aryl methyl sites for hydroxylation is 2. The van der Waals surface area contributed by atoms with Gasteiger partial charge in [-0.1, -0.05) is 90.0 Å². The Morgan fingerprint density at radius 1 is 0.469 bits per heavy atom. The molecule has 0 amide bonds. The van der Waals surface area contributed by atoms with Crippen LogP contribution in [0.2, 0.25) is 0 Å². The highest BCUT2D eigenvalue weighted by atomic mass is 14.6. The topological polar surface area (TPSA) is 52.0 Å². The second-order valence-electron chi connectivity index (χ2n) is 8.80. The van der Waals surface area contributed by atoms with Crippen LogP contribution < -0.4 is 11.5 Å². The van der Waals surface area contributed by atoms with Gasteiger partial charge in [-0.05, 0) is 52.8 Å². The number of anilines is 2. The minimum absolute atomic E-state index is 0.796. The van der Waals surface area contributed by atoms with Crippen LogP contribution in [0.15, 0.2) is 84.9 Å². The smallest absolute Gasteiger partial charge is 0.0480 e. The van der Waals surface area contributed by atoms with Crippen LogP contribution in [0.4, 0.5) is 11.4 Å². The van der Waals surface area contributed by atoms with E-state index in [4.69, 9.17) is 11.5 Å². The molecular weight excluding hydrogens is 388 g/mol. The van der Waals surface area contributed by atoms with Gasteiger partial charge in [0.05, 0.1) is 0 Å². The first-order valence-electron chi connectivity index (χ1n) is 11.0. The minimum atomic E-state index is 0.796. The van der Waals surface area contributed by atoms with Crippen LogP contribution in [0.1, 0.15) is 11.1 Å². The molecule has 2 heteroatoms. The van der Waals surface area contributed by atoms with Crippen molar-refractivity contribution in [3.8, 4) is 22.3 Å². The van der Waals surface area contributed by atoms with E-state index < -0.39 is 0 Å². The van der Waals surface area contributed by atoms with Crippen LogP contribution in [-0.4, -0.2) is 0 Å². The number of nitrogen functional groups attached to an aromatic ring is 2. The number of hydrogen-bond acceptors (Lipinski definition) is 2. The maximum atomic E-state index is 6.97. The maximum Gasteiger partial charge on any atom is 0.0480 e. The summed E-state index contributed by atoms with van der Waals surface area (Å²) in [6, 6.07) is 30.2. The number of hydrogen-bond donors (Lipinski definition) is 2. The third-order valence-corrected chi connectivity index (χ3v) is 6.71. The van der Waals surface area contributed by atoms with Crippen LogP contribution in [0.3, 0.4) is 0 Å². The van der Waals surface area contributed by atoms with Gasteiger partial charge in [-0.15, -0.1) is 0 Å². The van der Waals surface area contributed by atoms with E-state index in [-0.39, 0.29) is 0 Å². The van der Waals surface area contributed by atoms with E-state index in [1.54, 1.807) is 0 Å². The molecular formula is C30H24N2. The molecule has 0 aliphatic rings. The predicted molar refractivity (Wildman–Crippen MR) is 139 cm³/mol. The first-order chi connectivity index (χ1) is 15.5. The van der Waals surface area contributed by atoms with Gasteiger partial charge in [0, 0.05) is 33.1 Å². The van der Waals surface area contributed by atoms with Gasteiger partial charge in [-0.2, -0.15) is 0 Å². The lowest BCUT2D eigenvalue weighted by Crippen LogP contribution is -1.99. The van der Waals surface area contributed by atoms with Gasteiger partial charge in [-0.3, -0.25) is 0 Å². The molecule has 0 saturated heterocycles. The molecule has 2 nitrogen and oxygen atoms in total. The quantitative estimate of drug-likeness (QED) is 0.226. The Morgan fingerprint density at radius 2 is 1.00 bits per heavy atom. The molecule has 32 heavy (non-hydrogen) atoms. The van der Waals surface area contributed by atoms with E-state index in [1.165, 1.54) is 43.8 Å². The summed E-state index contributed by atoms with van der Waals surface area (Å²) in [5, 5.41) is 6.93. The van der Waals surface area contributed by atoms with E-state index >= 15 is 0 Å². The average molecular weight is 413 g/mol. The van der Waals surface area contributed by atoms with E-state index in [9.17, 15) is 0 Å². The lowest BCUT2D eigenvalue weighted by molar-refractivity contribution is 1.46. The number of nitrogens with two attached hydrogens (primary N) is 2. The molecule has 154 valence electrons. The number of rotatable bonds is 2. The van der Waals surface area contributed by atoms with Gasteiger partial charge in [0.1, 0.15) is 0 Å². The lowest BCUT2D eigenvalue weighted by atomic mass is 9.83. The third kappa shape index (κ3) is 2.59. The maximum absolute atomic E-state index is 6.97. The fourth-order valence-electron chi connectivity index (χ4n) is 5.05. The highest BCUT2D eigenvalue weighted by Gasteiger charge is 2.21. The largest absolute Gasteiger partial charge is 0.398 e. The Hall–Kier alpha value is -4.04. The van der Waals surface area contributed by atoms with Crippen LogP contribution in [-0.2, 0) is 0 Å². The molecule has 0 aliphatic heterocycles. The van der Waals surface area contributed by atoms with Crippen LogP contribution in [0, 0.1) is 13.8 Å². The molecule has 0 radical (unpaired) electrons. The molecule has 0 unspecified atom stereocenters. The van der Waals surface area contributed by atoms with E-state index in [0.717, 1.165) is 33.3 Å². The molecule has 6 aromatic carbocycles. The first kappa shape index (κ1) is 18.7. The minimum Gasteiger partial charge on any atom is -0.398 e. The number of benzene rings is 6. The lowest BCUT2D eigenvalue weighted by Gasteiger charge is -2.22. The Bertz CT molecular complexity index is 1630. The van der Waals surface area contributed by atoms with E-state index in [2.05, 4.69) is 92.7 Å². The molecule has 0 bridgehead atoms. The van der Waals surface area contributed by atoms with Crippen molar-refractivity contribution in [3.63, 3.8) is 0 Å². The molecule has 6 aromatic rings. The molecule has 0 spiro atoms. The SMILES string of the molecule is Cc1ccc(-c2c(N)c3ccc4ccc(N)c5ccc(c2-c2ccc(C)cc2)c3c45)cc1. The van der Waals surface area contributed by atoms with Crippen molar-refractivity contribution >= 4 is 43.7 Å². The summed E-state index contributed by atoms with van der Waals surface area (Å²) in [6.07, 6.45) is 0. The Morgan fingerprint density at radius 3 is 1.66 bits per heavy atom. The molecule has 4 N–H and O–H groups in total. The van der Waals surface area contributed by atoms with Crippen molar-refractivity contribution in [2.75, 3.05) is 11.5 Å². The fourth-order valence-corrected chi connectivity index (χ4v) is 5.05. The summed E-state index contributed by atoms with van der Waals surface area (Å²) in [5.74, 6) is 0. The van der Waals surface area contributed by atoms with Crippen molar-refractivity contribution in [2.24, 2.45) is 0 Å². The monoisotopic (exact) mass is 412 g/mol. The van der Waals surface area contributed by atoms with Gasteiger partial charge in [0.15, 0.2) is 0 Å². The second kappa shape index (κ2) is 6.73. The zero-order valence-electron chi connectivity index (χ0n) is 18.2. The Kier molecular flexibility index (Phi) is 3.93. The molecule has 0 aliphatic carbocycles. The zero-order valence-corrected chi connectivity index (χ0v) is 18.2. The Labute approximate surface area is 187 Å².